The second-order valence-electron chi connectivity index (χ2n) is 4.66. The highest BCUT2D eigenvalue weighted by Gasteiger charge is 2.11. The highest BCUT2D eigenvalue weighted by molar-refractivity contribution is 5.72. The van der Waals surface area contributed by atoms with Gasteiger partial charge < -0.3 is 10.2 Å². The van der Waals surface area contributed by atoms with Crippen LogP contribution >= 0.6 is 0 Å². The summed E-state index contributed by atoms with van der Waals surface area (Å²) >= 11 is 0. The summed E-state index contributed by atoms with van der Waals surface area (Å²) in [5, 5.41) is 19.2. The van der Waals surface area contributed by atoms with Crippen LogP contribution in [0.1, 0.15) is 17.0 Å². The van der Waals surface area contributed by atoms with E-state index in [-0.39, 0.29) is 17.2 Å². The highest BCUT2D eigenvalue weighted by atomic mass is 16.3. The van der Waals surface area contributed by atoms with E-state index in [9.17, 15) is 15.0 Å². The number of aromatic nitrogens is 2. The van der Waals surface area contributed by atoms with Gasteiger partial charge in [-0.3, -0.25) is 0 Å². The number of nitrogens with zero attached hydrogens (tertiary/aromatic N) is 2. The predicted octanol–water partition coefficient (Wildman–Crippen LogP) is 1.10. The van der Waals surface area contributed by atoms with Crippen LogP contribution in [0.25, 0.3) is 12.2 Å². The summed E-state index contributed by atoms with van der Waals surface area (Å²) in [5.41, 5.74) is 1.93. The van der Waals surface area contributed by atoms with Crippen LogP contribution in [0.3, 0.4) is 0 Å². The lowest BCUT2D eigenvalue weighted by molar-refractivity contribution is -0.692. The van der Waals surface area contributed by atoms with Gasteiger partial charge in [-0.15, -0.1) is 0 Å². The molecule has 2 rings (SSSR count). The summed E-state index contributed by atoms with van der Waals surface area (Å²) in [6.45, 7) is 1.85. The average molecular weight is 273 g/mol. The maximum absolute atomic E-state index is 11.9. The molecule has 1 aromatic heterocycles. The molecule has 0 amide bonds. The minimum Gasteiger partial charge on any atom is -0.504 e. The summed E-state index contributed by atoms with van der Waals surface area (Å²) in [6, 6.07) is 6.61. The topological polar surface area (TPSA) is 66.3 Å². The molecule has 0 fully saturated rings. The molecule has 5 nitrogen and oxygen atoms in total. The van der Waals surface area contributed by atoms with Gasteiger partial charge in [-0.05, 0) is 25.1 Å². The molecule has 0 radical (unpaired) electrons. The Morgan fingerprint density at radius 1 is 1.25 bits per heavy atom. The Kier molecular flexibility index (Phi) is 3.61. The molecule has 0 spiro atoms. The molecule has 0 saturated heterocycles. The second-order valence-corrected chi connectivity index (χ2v) is 4.66. The van der Waals surface area contributed by atoms with E-state index in [4.69, 9.17) is 0 Å². The van der Waals surface area contributed by atoms with Gasteiger partial charge >= 0.3 is 5.69 Å². The van der Waals surface area contributed by atoms with E-state index >= 15 is 0 Å². The molecule has 2 N–H and O–H groups in total. The fraction of sp³-hybridized carbons (Fsp3) is 0.200. The van der Waals surface area contributed by atoms with E-state index in [0.717, 1.165) is 5.69 Å². The lowest BCUT2D eigenvalue weighted by atomic mass is 10.1. The van der Waals surface area contributed by atoms with Gasteiger partial charge in [0.2, 0.25) is 0 Å². The summed E-state index contributed by atoms with van der Waals surface area (Å²) in [6.07, 6.45) is 3.38. The summed E-state index contributed by atoms with van der Waals surface area (Å²) in [5.74, 6) is -0.344. The number of phenolic OH excluding ortho intramolecular Hbond substituents is 2. The molecule has 0 unspecified atom stereocenters. The van der Waals surface area contributed by atoms with Crippen LogP contribution in [-0.2, 0) is 14.1 Å². The number of aryl methyl sites for hydroxylation is 1. The van der Waals surface area contributed by atoms with Crippen molar-refractivity contribution in [3.63, 3.8) is 0 Å². The van der Waals surface area contributed by atoms with Gasteiger partial charge in [0.15, 0.2) is 11.5 Å². The third-order valence-electron chi connectivity index (χ3n) is 3.33. The highest BCUT2D eigenvalue weighted by Crippen LogP contribution is 2.29. The molecule has 0 atom stereocenters. The van der Waals surface area contributed by atoms with E-state index in [1.54, 1.807) is 42.9 Å². The molecular weight excluding hydrogens is 256 g/mol. The van der Waals surface area contributed by atoms with Crippen LogP contribution < -0.4 is 10.3 Å². The van der Waals surface area contributed by atoms with Gasteiger partial charge in [0, 0.05) is 11.6 Å². The zero-order chi connectivity index (χ0) is 14.9. The molecule has 1 aromatic carbocycles. The van der Waals surface area contributed by atoms with E-state index in [2.05, 4.69) is 0 Å². The molecule has 0 aliphatic rings. The number of para-hydroxylation sites is 1. The quantitative estimate of drug-likeness (QED) is 0.636. The van der Waals surface area contributed by atoms with Crippen molar-refractivity contribution in [2.24, 2.45) is 14.1 Å². The Labute approximate surface area is 116 Å². The first-order chi connectivity index (χ1) is 9.41. The Morgan fingerprint density at radius 2 is 1.95 bits per heavy atom. The number of hydrogen-bond acceptors (Lipinski definition) is 3. The third-order valence-corrected chi connectivity index (χ3v) is 3.33. The minimum atomic E-state index is -0.174. The molecule has 20 heavy (non-hydrogen) atoms. The van der Waals surface area contributed by atoms with Crippen molar-refractivity contribution in [2.75, 3.05) is 0 Å². The molecule has 1 heterocycles. The monoisotopic (exact) mass is 273 g/mol. The minimum absolute atomic E-state index is 0.121. The smallest absolute Gasteiger partial charge is 0.498 e. The summed E-state index contributed by atoms with van der Waals surface area (Å²) in [4.78, 5) is 11.9. The molecule has 0 bridgehead atoms. The standard InChI is InChI=1S/C15H16N2O3/c1-10-9-12(17(3)15(20)16(10)2)8-7-11-5-4-6-13(18)14(11)19/h4-9,18H,1-3H3/p+1. The van der Waals surface area contributed by atoms with Crippen LogP contribution in [0.15, 0.2) is 29.1 Å². The molecule has 0 aliphatic carbocycles. The van der Waals surface area contributed by atoms with Gasteiger partial charge in [0.05, 0.1) is 14.1 Å². The van der Waals surface area contributed by atoms with Gasteiger partial charge in [0.1, 0.15) is 11.4 Å². The zero-order valence-electron chi connectivity index (χ0n) is 11.7. The van der Waals surface area contributed by atoms with Gasteiger partial charge in [-0.25, -0.2) is 0 Å². The Morgan fingerprint density at radius 3 is 2.65 bits per heavy atom. The molecular formula is C15H17N2O3+. The van der Waals surface area contributed by atoms with Crippen LogP contribution in [0.5, 0.6) is 11.5 Å². The maximum atomic E-state index is 11.9. The maximum Gasteiger partial charge on any atom is 0.498 e. The Balaban J connectivity index is 2.47. The van der Waals surface area contributed by atoms with Crippen molar-refractivity contribution in [2.45, 2.75) is 6.92 Å². The van der Waals surface area contributed by atoms with Crippen molar-refractivity contribution < 1.29 is 14.8 Å². The first-order valence-corrected chi connectivity index (χ1v) is 6.17. The van der Waals surface area contributed by atoms with Crippen molar-refractivity contribution in [1.29, 1.82) is 0 Å². The largest absolute Gasteiger partial charge is 0.504 e. The van der Waals surface area contributed by atoms with E-state index in [1.807, 2.05) is 13.0 Å². The van der Waals surface area contributed by atoms with Crippen molar-refractivity contribution in [1.82, 2.24) is 4.57 Å². The number of phenols is 2. The SMILES string of the molecule is Cc1cc(C=Cc2cccc(O)c2O)[n+](C)c(=O)n1C. The van der Waals surface area contributed by atoms with E-state index < -0.39 is 0 Å². The van der Waals surface area contributed by atoms with E-state index in [1.165, 1.54) is 10.6 Å². The fourth-order valence-electron chi connectivity index (χ4n) is 1.91. The van der Waals surface area contributed by atoms with Crippen LogP contribution in [0, 0.1) is 6.92 Å². The molecule has 2 aromatic rings. The lowest BCUT2D eigenvalue weighted by Gasteiger charge is -2.03. The molecule has 0 saturated carbocycles. The van der Waals surface area contributed by atoms with Crippen molar-refractivity contribution in [3.8, 4) is 11.5 Å². The van der Waals surface area contributed by atoms with Gasteiger partial charge in [-0.1, -0.05) is 12.1 Å². The van der Waals surface area contributed by atoms with Crippen LogP contribution in [0.4, 0.5) is 0 Å². The number of benzene rings is 1. The third kappa shape index (κ3) is 2.42. The predicted molar refractivity (Wildman–Crippen MR) is 76.3 cm³/mol. The first-order valence-electron chi connectivity index (χ1n) is 6.17. The van der Waals surface area contributed by atoms with Crippen LogP contribution in [-0.4, -0.2) is 14.8 Å². The average Bonchev–Trinajstić information content (AvgIpc) is 2.43. The number of aromatic hydroxyl groups is 2. The first kappa shape index (κ1) is 13.9. The zero-order valence-corrected chi connectivity index (χ0v) is 11.7. The van der Waals surface area contributed by atoms with Gasteiger partial charge in [0.25, 0.3) is 0 Å². The van der Waals surface area contributed by atoms with Crippen molar-refractivity contribution >= 4 is 12.2 Å². The van der Waals surface area contributed by atoms with Gasteiger partial charge in [-0.2, -0.15) is 13.9 Å². The summed E-state index contributed by atoms with van der Waals surface area (Å²) < 4.78 is 3.08. The van der Waals surface area contributed by atoms with Crippen molar-refractivity contribution in [3.05, 3.63) is 51.7 Å². The number of rotatable bonds is 2. The van der Waals surface area contributed by atoms with E-state index in [0.29, 0.717) is 11.3 Å². The Hall–Kier alpha value is -2.56. The lowest BCUT2D eigenvalue weighted by Crippen LogP contribution is -2.53. The molecule has 104 valence electrons. The molecule has 5 heteroatoms. The summed E-state index contributed by atoms with van der Waals surface area (Å²) in [7, 11) is 3.40. The normalized spacial score (nSPS) is 11.2. The Bertz CT molecular complexity index is 746. The number of hydrogen-bond donors (Lipinski definition) is 2. The second kappa shape index (κ2) is 5.21. The molecule has 0 aliphatic heterocycles. The van der Waals surface area contributed by atoms with Crippen LogP contribution in [0.2, 0.25) is 0 Å². The fourth-order valence-corrected chi connectivity index (χ4v) is 1.91.